The Morgan fingerprint density at radius 3 is 1.33 bits per heavy atom. The van der Waals surface area contributed by atoms with Crippen LogP contribution in [-0.2, 0) is 0 Å². The van der Waals surface area contributed by atoms with Crippen LogP contribution < -0.4 is 9.47 Å². The van der Waals surface area contributed by atoms with Crippen molar-refractivity contribution in [3.05, 3.63) is 107 Å². The maximum atomic E-state index is 12.8. The fraction of sp³-hybridized carbons (Fsp3) is 0.0769. The third-order valence-corrected chi connectivity index (χ3v) is 4.95. The van der Waals surface area contributed by atoms with Crippen molar-refractivity contribution in [2.45, 2.75) is 13.8 Å². The Morgan fingerprint density at radius 1 is 0.567 bits per heavy atom. The van der Waals surface area contributed by atoms with E-state index in [9.17, 15) is 9.59 Å². The van der Waals surface area contributed by atoms with Crippen molar-refractivity contribution in [1.29, 1.82) is 0 Å². The molecule has 4 aromatic rings. The third kappa shape index (κ3) is 3.94. The molecule has 0 N–H and O–H groups in total. The summed E-state index contributed by atoms with van der Waals surface area (Å²) in [6, 6.07) is 25.4. The number of carbonyl (C=O) groups excluding carboxylic acids is 2. The maximum Gasteiger partial charge on any atom is 0.343 e. The number of aryl methyl sites for hydroxylation is 2. The van der Waals surface area contributed by atoms with Crippen LogP contribution in [0, 0.1) is 13.8 Å². The minimum absolute atomic E-state index is 0.198. The molecule has 0 atom stereocenters. The molecule has 0 spiro atoms. The van der Waals surface area contributed by atoms with E-state index in [0.717, 1.165) is 21.9 Å². The van der Waals surface area contributed by atoms with E-state index in [-0.39, 0.29) is 11.5 Å². The molecule has 0 unspecified atom stereocenters. The summed E-state index contributed by atoms with van der Waals surface area (Å²) >= 11 is 0. The second-order valence-corrected chi connectivity index (χ2v) is 7.05. The number of rotatable bonds is 4. The average molecular weight is 396 g/mol. The Bertz CT molecular complexity index is 1160. The van der Waals surface area contributed by atoms with Crippen molar-refractivity contribution in [3.8, 4) is 11.5 Å². The smallest absolute Gasteiger partial charge is 0.343 e. The van der Waals surface area contributed by atoms with Crippen LogP contribution in [0.5, 0.6) is 11.5 Å². The van der Waals surface area contributed by atoms with Crippen molar-refractivity contribution in [2.75, 3.05) is 0 Å². The molecule has 0 saturated heterocycles. The summed E-state index contributed by atoms with van der Waals surface area (Å²) in [5, 5.41) is 1.75. The van der Waals surface area contributed by atoms with E-state index in [1.54, 1.807) is 36.4 Å². The first-order valence-corrected chi connectivity index (χ1v) is 9.61. The lowest BCUT2D eigenvalue weighted by Gasteiger charge is -2.13. The van der Waals surface area contributed by atoms with Crippen molar-refractivity contribution in [2.24, 2.45) is 0 Å². The first kappa shape index (κ1) is 19.4. The largest absolute Gasteiger partial charge is 0.419 e. The van der Waals surface area contributed by atoms with Gasteiger partial charge in [-0.05, 0) is 60.0 Å². The molecule has 0 heterocycles. The zero-order chi connectivity index (χ0) is 21.1. The lowest BCUT2D eigenvalue weighted by Crippen LogP contribution is -2.14. The van der Waals surface area contributed by atoms with Gasteiger partial charge < -0.3 is 9.47 Å². The Balaban J connectivity index is 1.72. The fourth-order valence-corrected chi connectivity index (χ4v) is 3.27. The molecule has 148 valence electrons. The molecule has 4 aromatic carbocycles. The van der Waals surface area contributed by atoms with Crippen LogP contribution in [0.3, 0.4) is 0 Å². The number of esters is 2. The van der Waals surface area contributed by atoms with E-state index in [4.69, 9.17) is 9.47 Å². The van der Waals surface area contributed by atoms with Gasteiger partial charge >= 0.3 is 11.9 Å². The molecule has 0 amide bonds. The highest BCUT2D eigenvalue weighted by Gasteiger charge is 2.19. The van der Waals surface area contributed by atoms with E-state index >= 15 is 0 Å². The van der Waals surface area contributed by atoms with Crippen molar-refractivity contribution >= 4 is 22.7 Å². The molecule has 0 aliphatic heterocycles. The van der Waals surface area contributed by atoms with Gasteiger partial charge in [-0.15, -0.1) is 0 Å². The Kier molecular flexibility index (Phi) is 5.31. The monoisotopic (exact) mass is 396 g/mol. The van der Waals surface area contributed by atoms with Crippen LogP contribution in [-0.4, -0.2) is 11.9 Å². The summed E-state index contributed by atoms with van der Waals surface area (Å²) in [7, 11) is 0. The molecule has 0 bridgehead atoms. The van der Waals surface area contributed by atoms with Crippen LogP contribution in [0.4, 0.5) is 0 Å². The molecule has 0 saturated carbocycles. The predicted molar refractivity (Wildman–Crippen MR) is 116 cm³/mol. The summed E-state index contributed by atoms with van der Waals surface area (Å²) in [6.45, 7) is 3.69. The molecule has 0 aliphatic rings. The van der Waals surface area contributed by atoms with Gasteiger partial charge in [0, 0.05) is 0 Å². The number of hydrogen-bond acceptors (Lipinski definition) is 4. The van der Waals surface area contributed by atoms with Gasteiger partial charge in [-0.2, -0.15) is 0 Å². The predicted octanol–water partition coefficient (Wildman–Crippen LogP) is 5.90. The molecular weight excluding hydrogens is 376 g/mol. The molecule has 0 fully saturated rings. The highest BCUT2D eigenvalue weighted by molar-refractivity contribution is 5.96. The van der Waals surface area contributed by atoms with Crippen LogP contribution in [0.15, 0.2) is 84.9 Å². The molecule has 30 heavy (non-hydrogen) atoms. The molecule has 4 rings (SSSR count). The van der Waals surface area contributed by atoms with Gasteiger partial charge in [0.25, 0.3) is 0 Å². The number of carbonyl (C=O) groups is 2. The van der Waals surface area contributed by atoms with E-state index in [1.165, 1.54) is 0 Å². The van der Waals surface area contributed by atoms with Crippen LogP contribution in [0.2, 0.25) is 0 Å². The summed E-state index contributed by atoms with van der Waals surface area (Å²) in [6.07, 6.45) is 0. The van der Waals surface area contributed by atoms with Crippen LogP contribution >= 0.6 is 0 Å². The number of hydrogen-bond donors (Lipinski definition) is 0. The van der Waals surface area contributed by atoms with Gasteiger partial charge in [0.05, 0.1) is 11.1 Å². The van der Waals surface area contributed by atoms with E-state index < -0.39 is 11.9 Å². The van der Waals surface area contributed by atoms with Gasteiger partial charge in [-0.3, -0.25) is 0 Å². The lowest BCUT2D eigenvalue weighted by molar-refractivity contribution is 0.0682. The summed E-state index contributed by atoms with van der Waals surface area (Å²) in [5.41, 5.74) is 2.53. The first-order valence-electron chi connectivity index (χ1n) is 9.61. The SMILES string of the molecule is Cc1ccccc1C(=O)Oc1cc2ccccc2cc1OC(=O)c1ccccc1C. The molecular formula is C26H20O4. The van der Waals surface area contributed by atoms with Gasteiger partial charge in [0.2, 0.25) is 0 Å². The Labute approximate surface area is 174 Å². The van der Waals surface area contributed by atoms with Crippen molar-refractivity contribution in [3.63, 3.8) is 0 Å². The standard InChI is InChI=1S/C26H20O4/c1-17-9-3-7-13-21(17)25(27)29-23-15-19-11-5-6-12-20(19)16-24(23)30-26(28)22-14-8-4-10-18(22)2/h3-16H,1-2H3. The maximum absolute atomic E-state index is 12.8. The van der Waals surface area contributed by atoms with Crippen molar-refractivity contribution in [1.82, 2.24) is 0 Å². The highest BCUT2D eigenvalue weighted by atomic mass is 16.6. The second kappa shape index (κ2) is 8.21. The first-order chi connectivity index (χ1) is 14.5. The Morgan fingerprint density at radius 2 is 0.933 bits per heavy atom. The van der Waals surface area contributed by atoms with Gasteiger partial charge in [0.15, 0.2) is 11.5 Å². The average Bonchev–Trinajstić information content (AvgIpc) is 2.74. The van der Waals surface area contributed by atoms with E-state index in [0.29, 0.717) is 11.1 Å². The molecule has 4 heteroatoms. The van der Waals surface area contributed by atoms with Gasteiger partial charge in [-0.25, -0.2) is 9.59 Å². The summed E-state index contributed by atoms with van der Waals surface area (Å²) < 4.78 is 11.3. The zero-order valence-electron chi connectivity index (χ0n) is 16.7. The molecule has 4 nitrogen and oxygen atoms in total. The zero-order valence-corrected chi connectivity index (χ0v) is 16.7. The lowest BCUT2D eigenvalue weighted by atomic mass is 10.1. The third-order valence-electron chi connectivity index (χ3n) is 4.95. The minimum Gasteiger partial charge on any atom is -0.419 e. The van der Waals surface area contributed by atoms with Gasteiger partial charge in [0.1, 0.15) is 0 Å². The van der Waals surface area contributed by atoms with Gasteiger partial charge in [-0.1, -0.05) is 60.7 Å². The summed E-state index contributed by atoms with van der Waals surface area (Å²) in [4.78, 5) is 25.5. The number of benzene rings is 4. The summed E-state index contributed by atoms with van der Waals surface area (Å²) in [5.74, 6) is -0.610. The normalized spacial score (nSPS) is 10.6. The topological polar surface area (TPSA) is 52.6 Å². The number of ether oxygens (including phenoxy) is 2. The number of fused-ring (bicyclic) bond motifs is 1. The van der Waals surface area contributed by atoms with Crippen molar-refractivity contribution < 1.29 is 19.1 Å². The van der Waals surface area contributed by atoms with E-state index in [2.05, 4.69) is 0 Å². The Hall–Kier alpha value is -3.92. The van der Waals surface area contributed by atoms with Crippen LogP contribution in [0.1, 0.15) is 31.8 Å². The molecule has 0 radical (unpaired) electrons. The second-order valence-electron chi connectivity index (χ2n) is 7.05. The molecule has 0 aromatic heterocycles. The van der Waals surface area contributed by atoms with E-state index in [1.807, 2.05) is 62.4 Å². The fourth-order valence-electron chi connectivity index (χ4n) is 3.27. The quantitative estimate of drug-likeness (QED) is 0.319. The molecule has 0 aliphatic carbocycles. The minimum atomic E-state index is -0.503. The van der Waals surface area contributed by atoms with Crippen LogP contribution in [0.25, 0.3) is 10.8 Å². The highest BCUT2D eigenvalue weighted by Crippen LogP contribution is 2.34.